The first kappa shape index (κ1) is 27.7. The number of hydrogen-bond donors (Lipinski definition) is 4. The summed E-state index contributed by atoms with van der Waals surface area (Å²) in [6, 6.07) is 3.62. The van der Waals surface area contributed by atoms with Crippen molar-refractivity contribution in [3.05, 3.63) is 33.0 Å². The maximum Gasteiger partial charge on any atom is 0.267 e. The fourth-order valence-corrected chi connectivity index (χ4v) is 8.38. The van der Waals surface area contributed by atoms with E-state index in [1.165, 1.54) is 22.7 Å². The fourth-order valence-electron chi connectivity index (χ4n) is 6.70. The smallest absolute Gasteiger partial charge is 0.267 e. The van der Waals surface area contributed by atoms with Crippen molar-refractivity contribution < 1.29 is 24.5 Å². The quantitative estimate of drug-likeness (QED) is 0.390. The van der Waals surface area contributed by atoms with Gasteiger partial charge in [-0.2, -0.15) is 0 Å². The SMILES string of the molecule is CC1(CO)C(O)CCC2(C)C(CC(=O)NCCN3CCOCC3)c3nc(NC(=O)c4cccs4)sc3CC12. The lowest BCUT2D eigenvalue weighted by molar-refractivity contribution is -0.144. The Hall–Kier alpha value is -1.89. The van der Waals surface area contributed by atoms with Crippen LogP contribution in [0.4, 0.5) is 5.13 Å². The maximum atomic E-state index is 13.3. The third-order valence-corrected chi connectivity index (χ3v) is 11.0. The largest absolute Gasteiger partial charge is 0.396 e. The molecule has 2 fully saturated rings. The molecule has 3 aliphatic rings. The van der Waals surface area contributed by atoms with Crippen LogP contribution in [0.25, 0.3) is 0 Å². The zero-order valence-corrected chi connectivity index (χ0v) is 23.7. The number of morpholine rings is 1. The van der Waals surface area contributed by atoms with E-state index in [4.69, 9.17) is 9.72 Å². The molecule has 0 aromatic carbocycles. The highest BCUT2D eigenvalue weighted by atomic mass is 32.1. The minimum Gasteiger partial charge on any atom is -0.396 e. The monoisotopic (exact) mass is 562 g/mol. The molecule has 3 heterocycles. The molecule has 9 nitrogen and oxygen atoms in total. The molecule has 4 N–H and O–H groups in total. The molecule has 5 rings (SSSR count). The molecule has 208 valence electrons. The maximum absolute atomic E-state index is 13.3. The first-order valence-electron chi connectivity index (χ1n) is 13.4. The van der Waals surface area contributed by atoms with Gasteiger partial charge in [0.05, 0.1) is 36.5 Å². The van der Waals surface area contributed by atoms with E-state index in [-0.39, 0.29) is 42.1 Å². The van der Waals surface area contributed by atoms with Crippen molar-refractivity contribution in [1.29, 1.82) is 0 Å². The van der Waals surface area contributed by atoms with E-state index < -0.39 is 11.5 Å². The van der Waals surface area contributed by atoms with Crippen molar-refractivity contribution in [3.8, 4) is 0 Å². The van der Waals surface area contributed by atoms with Gasteiger partial charge in [0.2, 0.25) is 5.91 Å². The number of thiophene rings is 1. The Balaban J connectivity index is 1.38. The van der Waals surface area contributed by atoms with E-state index in [0.717, 1.165) is 49.8 Å². The van der Waals surface area contributed by atoms with Gasteiger partial charge in [-0.3, -0.25) is 19.8 Å². The van der Waals surface area contributed by atoms with E-state index in [1.807, 2.05) is 18.4 Å². The van der Waals surface area contributed by atoms with Gasteiger partial charge in [-0.05, 0) is 42.0 Å². The van der Waals surface area contributed by atoms with Crippen molar-refractivity contribution in [2.45, 2.75) is 51.6 Å². The highest BCUT2D eigenvalue weighted by molar-refractivity contribution is 7.16. The van der Waals surface area contributed by atoms with Crippen molar-refractivity contribution in [2.24, 2.45) is 16.7 Å². The van der Waals surface area contributed by atoms with Crippen LogP contribution in [0.1, 0.15) is 59.3 Å². The number of nitrogens with zero attached hydrogens (tertiary/aromatic N) is 2. The van der Waals surface area contributed by atoms with E-state index in [1.54, 1.807) is 6.07 Å². The molecule has 1 saturated carbocycles. The van der Waals surface area contributed by atoms with Gasteiger partial charge in [0.15, 0.2) is 5.13 Å². The van der Waals surface area contributed by atoms with Crippen LogP contribution in [-0.4, -0.2) is 84.0 Å². The minimum absolute atomic E-state index is 0.0231. The van der Waals surface area contributed by atoms with Gasteiger partial charge < -0.3 is 20.3 Å². The van der Waals surface area contributed by atoms with Gasteiger partial charge in [-0.1, -0.05) is 19.9 Å². The van der Waals surface area contributed by atoms with Crippen molar-refractivity contribution >= 4 is 39.6 Å². The van der Waals surface area contributed by atoms with Crippen LogP contribution in [-0.2, 0) is 16.0 Å². The van der Waals surface area contributed by atoms with E-state index in [9.17, 15) is 19.8 Å². The molecular formula is C27H38N4O5S2. The van der Waals surface area contributed by atoms with Gasteiger partial charge in [0.25, 0.3) is 5.91 Å². The molecule has 2 amide bonds. The number of rotatable bonds is 8. The third-order valence-electron chi connectivity index (χ3n) is 9.10. The Kier molecular flexibility index (Phi) is 8.23. The van der Waals surface area contributed by atoms with E-state index in [0.29, 0.717) is 29.4 Å². The zero-order chi connectivity index (χ0) is 26.9. The number of hydrogen-bond acceptors (Lipinski definition) is 9. The van der Waals surface area contributed by atoms with Gasteiger partial charge in [0.1, 0.15) is 0 Å². The highest BCUT2D eigenvalue weighted by Gasteiger charge is 2.59. The number of carbonyl (C=O) groups is 2. The first-order chi connectivity index (χ1) is 18.2. The molecule has 2 aromatic heterocycles. The Morgan fingerprint density at radius 3 is 2.79 bits per heavy atom. The standard InChI is InChI=1S/C27H38N4O5S2/c1-26-6-5-21(33)27(2,16-32)20(26)15-19-23(29-25(38-19)30-24(35)18-4-3-13-37-18)17(26)14-22(34)28-7-8-31-9-11-36-12-10-31/h3-4,13,17,20-21,32-33H,5-12,14-16H2,1-2H3,(H,28,34)(H,29,30,35). The van der Waals surface area contributed by atoms with Crippen LogP contribution in [0.15, 0.2) is 17.5 Å². The molecule has 0 spiro atoms. The molecule has 11 heteroatoms. The van der Waals surface area contributed by atoms with Crippen LogP contribution >= 0.6 is 22.7 Å². The predicted octanol–water partition coefficient (Wildman–Crippen LogP) is 2.71. The second-order valence-corrected chi connectivity index (χ2v) is 13.3. The van der Waals surface area contributed by atoms with E-state index >= 15 is 0 Å². The van der Waals surface area contributed by atoms with Crippen LogP contribution in [0.2, 0.25) is 0 Å². The second kappa shape index (κ2) is 11.3. The summed E-state index contributed by atoms with van der Waals surface area (Å²) >= 11 is 2.82. The Morgan fingerprint density at radius 2 is 2.08 bits per heavy atom. The molecule has 2 aromatic rings. The van der Waals surface area contributed by atoms with Crippen molar-refractivity contribution in [1.82, 2.24) is 15.2 Å². The Bertz CT molecular complexity index is 1130. The summed E-state index contributed by atoms with van der Waals surface area (Å²) in [5.74, 6) is -0.418. The Labute approximate surface area is 231 Å². The first-order valence-corrected chi connectivity index (χ1v) is 15.1. The number of ether oxygens (including phenoxy) is 1. The number of fused-ring (bicyclic) bond motifs is 2. The molecule has 1 saturated heterocycles. The number of nitrogens with one attached hydrogen (secondary N) is 2. The van der Waals surface area contributed by atoms with Gasteiger partial charge in [0, 0.05) is 48.8 Å². The summed E-state index contributed by atoms with van der Waals surface area (Å²) in [6.07, 6.45) is 1.64. The number of carbonyl (C=O) groups excluding carboxylic acids is 2. The lowest BCUT2D eigenvalue weighted by Crippen LogP contribution is -2.57. The topological polar surface area (TPSA) is 124 Å². The molecule has 38 heavy (non-hydrogen) atoms. The summed E-state index contributed by atoms with van der Waals surface area (Å²) in [5.41, 5.74) is -0.135. The average Bonchev–Trinajstić information content (AvgIpc) is 3.59. The zero-order valence-electron chi connectivity index (χ0n) is 22.1. The fraction of sp³-hybridized carbons (Fsp3) is 0.667. The average molecular weight is 563 g/mol. The number of aromatic nitrogens is 1. The third kappa shape index (κ3) is 5.29. The normalized spacial score (nSPS) is 31.3. The number of aliphatic hydroxyl groups is 2. The molecular weight excluding hydrogens is 524 g/mol. The van der Waals surface area contributed by atoms with Crippen LogP contribution in [0.5, 0.6) is 0 Å². The molecule has 5 unspecified atom stereocenters. The number of amides is 2. The second-order valence-electron chi connectivity index (χ2n) is 11.3. The van der Waals surface area contributed by atoms with Gasteiger partial charge in [-0.25, -0.2) is 4.98 Å². The van der Waals surface area contributed by atoms with E-state index in [2.05, 4.69) is 22.5 Å². The summed E-state index contributed by atoms with van der Waals surface area (Å²) in [4.78, 5) is 34.8. The summed E-state index contributed by atoms with van der Waals surface area (Å²) in [6.45, 7) is 8.60. The Morgan fingerprint density at radius 1 is 1.29 bits per heavy atom. The highest BCUT2D eigenvalue weighted by Crippen LogP contribution is 2.62. The number of aliphatic hydroxyl groups excluding tert-OH is 2. The summed E-state index contributed by atoms with van der Waals surface area (Å²) in [7, 11) is 0. The molecule has 5 atom stereocenters. The number of thiazole rings is 1. The molecule has 1 aliphatic heterocycles. The number of anilines is 1. The van der Waals surface area contributed by atoms with Crippen molar-refractivity contribution in [3.63, 3.8) is 0 Å². The lowest BCUT2D eigenvalue weighted by atomic mass is 9.47. The van der Waals surface area contributed by atoms with Gasteiger partial charge in [-0.15, -0.1) is 22.7 Å². The minimum atomic E-state index is -0.680. The molecule has 0 bridgehead atoms. The summed E-state index contributed by atoms with van der Waals surface area (Å²) < 4.78 is 5.41. The van der Waals surface area contributed by atoms with Crippen LogP contribution in [0, 0.1) is 16.7 Å². The van der Waals surface area contributed by atoms with Crippen molar-refractivity contribution in [2.75, 3.05) is 51.3 Å². The van der Waals surface area contributed by atoms with Crippen LogP contribution in [0.3, 0.4) is 0 Å². The predicted molar refractivity (Wildman–Crippen MR) is 148 cm³/mol. The lowest BCUT2D eigenvalue weighted by Gasteiger charge is -2.58. The molecule has 0 radical (unpaired) electrons. The van der Waals surface area contributed by atoms with Gasteiger partial charge >= 0.3 is 0 Å². The van der Waals surface area contributed by atoms with Crippen LogP contribution < -0.4 is 10.6 Å². The molecule has 2 aliphatic carbocycles. The summed E-state index contributed by atoms with van der Waals surface area (Å²) in [5, 5.41) is 29.8.